The van der Waals surface area contributed by atoms with Crippen molar-refractivity contribution in [2.75, 3.05) is 0 Å². The van der Waals surface area contributed by atoms with Crippen molar-refractivity contribution >= 4 is 17.9 Å². The predicted molar refractivity (Wildman–Crippen MR) is 82.0 cm³/mol. The molecule has 4 heteroatoms. The summed E-state index contributed by atoms with van der Waals surface area (Å²) < 4.78 is 0. The van der Waals surface area contributed by atoms with E-state index in [2.05, 4.69) is 6.92 Å². The van der Waals surface area contributed by atoms with E-state index in [4.69, 9.17) is 11.6 Å². The van der Waals surface area contributed by atoms with E-state index in [1.807, 2.05) is 0 Å². The summed E-state index contributed by atoms with van der Waals surface area (Å²) in [6.45, 7) is 3.78. The first-order valence-corrected chi connectivity index (χ1v) is 7.60. The molecule has 1 aromatic carbocycles. The number of carbonyl (C=O) groups is 1. The van der Waals surface area contributed by atoms with Crippen molar-refractivity contribution in [3.8, 4) is 11.5 Å². The Labute approximate surface area is 125 Å². The monoisotopic (exact) mass is 298 g/mol. The highest BCUT2D eigenvalue weighted by atomic mass is 35.5. The van der Waals surface area contributed by atoms with Crippen LogP contribution in [0.5, 0.6) is 11.5 Å². The largest absolute Gasteiger partial charge is 0.507 e. The Hall–Kier alpha value is -1.22. The zero-order chi connectivity index (χ0) is 15.1. The lowest BCUT2D eigenvalue weighted by Gasteiger charge is -2.13. The zero-order valence-electron chi connectivity index (χ0n) is 12.2. The van der Waals surface area contributed by atoms with Gasteiger partial charge in [0.15, 0.2) is 6.29 Å². The van der Waals surface area contributed by atoms with E-state index in [0.29, 0.717) is 23.8 Å². The molecular formula is C16H23ClO3. The number of halogens is 1. The van der Waals surface area contributed by atoms with Gasteiger partial charge in [-0.15, -0.1) is 0 Å². The molecule has 0 spiro atoms. The van der Waals surface area contributed by atoms with Crippen LogP contribution >= 0.6 is 11.6 Å². The molecule has 0 saturated heterocycles. The Morgan fingerprint density at radius 2 is 1.65 bits per heavy atom. The molecule has 112 valence electrons. The normalized spacial score (nSPS) is 10.8. The Morgan fingerprint density at radius 1 is 1.05 bits per heavy atom. The average Bonchev–Trinajstić information content (AvgIpc) is 2.44. The van der Waals surface area contributed by atoms with E-state index in [-0.39, 0.29) is 22.1 Å². The summed E-state index contributed by atoms with van der Waals surface area (Å²) in [5.74, 6) is -0.228. The molecule has 1 rings (SSSR count). The number of phenols is 2. The second-order valence-electron chi connectivity index (χ2n) is 5.16. The van der Waals surface area contributed by atoms with Gasteiger partial charge in [-0.25, -0.2) is 0 Å². The predicted octanol–water partition coefficient (Wildman–Crippen LogP) is 4.78. The van der Waals surface area contributed by atoms with Crippen LogP contribution in [0.2, 0.25) is 5.02 Å². The molecule has 0 bridgehead atoms. The topological polar surface area (TPSA) is 57.5 Å². The van der Waals surface area contributed by atoms with Crippen LogP contribution < -0.4 is 0 Å². The van der Waals surface area contributed by atoms with Crippen molar-refractivity contribution in [3.05, 3.63) is 21.7 Å². The molecule has 0 fully saturated rings. The minimum Gasteiger partial charge on any atom is -0.507 e. The minimum atomic E-state index is -0.132. The molecule has 0 radical (unpaired) electrons. The van der Waals surface area contributed by atoms with Gasteiger partial charge in [-0.2, -0.15) is 0 Å². The van der Waals surface area contributed by atoms with Crippen LogP contribution in [0.15, 0.2) is 0 Å². The Kier molecular flexibility index (Phi) is 6.86. The number of hydrogen-bond donors (Lipinski definition) is 2. The fourth-order valence-corrected chi connectivity index (χ4v) is 2.56. The minimum absolute atomic E-state index is 0.0965. The van der Waals surface area contributed by atoms with Crippen LogP contribution in [0.3, 0.4) is 0 Å². The highest BCUT2D eigenvalue weighted by Gasteiger charge is 2.19. The van der Waals surface area contributed by atoms with Crippen molar-refractivity contribution in [1.82, 2.24) is 0 Å². The Morgan fingerprint density at radius 3 is 2.25 bits per heavy atom. The summed E-state index contributed by atoms with van der Waals surface area (Å²) in [7, 11) is 0. The van der Waals surface area contributed by atoms with Crippen LogP contribution in [-0.4, -0.2) is 16.5 Å². The second kappa shape index (κ2) is 8.15. The maximum Gasteiger partial charge on any atom is 0.154 e. The molecule has 0 aromatic heterocycles. The molecule has 0 amide bonds. The van der Waals surface area contributed by atoms with Gasteiger partial charge in [-0.05, 0) is 25.3 Å². The molecule has 20 heavy (non-hydrogen) atoms. The summed E-state index contributed by atoms with van der Waals surface area (Å²) >= 11 is 6.00. The molecular weight excluding hydrogens is 276 g/mol. The van der Waals surface area contributed by atoms with Crippen molar-refractivity contribution in [2.24, 2.45) is 0 Å². The van der Waals surface area contributed by atoms with Crippen molar-refractivity contribution in [1.29, 1.82) is 0 Å². The van der Waals surface area contributed by atoms with Crippen molar-refractivity contribution < 1.29 is 15.0 Å². The maximum absolute atomic E-state index is 11.0. The van der Waals surface area contributed by atoms with Gasteiger partial charge in [0.25, 0.3) is 0 Å². The number of carbonyl (C=O) groups excluding carboxylic acids is 1. The lowest BCUT2D eigenvalue weighted by Crippen LogP contribution is -1.97. The third kappa shape index (κ3) is 3.89. The van der Waals surface area contributed by atoms with Gasteiger partial charge in [-0.1, -0.05) is 50.6 Å². The fourth-order valence-electron chi connectivity index (χ4n) is 2.34. The van der Waals surface area contributed by atoms with E-state index in [1.165, 1.54) is 19.3 Å². The number of rotatable bonds is 8. The zero-order valence-corrected chi connectivity index (χ0v) is 13.0. The van der Waals surface area contributed by atoms with Gasteiger partial charge in [-0.3, -0.25) is 4.79 Å². The number of unbranched alkanes of at least 4 members (excludes halogenated alkanes) is 5. The van der Waals surface area contributed by atoms with E-state index in [9.17, 15) is 15.0 Å². The van der Waals surface area contributed by atoms with Crippen LogP contribution in [-0.2, 0) is 6.42 Å². The van der Waals surface area contributed by atoms with Gasteiger partial charge in [0.05, 0.1) is 10.6 Å². The summed E-state index contributed by atoms with van der Waals surface area (Å²) in [4.78, 5) is 11.0. The highest BCUT2D eigenvalue weighted by molar-refractivity contribution is 6.33. The number of hydrogen-bond acceptors (Lipinski definition) is 3. The molecule has 0 atom stereocenters. The van der Waals surface area contributed by atoms with E-state index >= 15 is 0 Å². The van der Waals surface area contributed by atoms with Gasteiger partial charge in [0, 0.05) is 5.56 Å². The van der Waals surface area contributed by atoms with Crippen LogP contribution in [0.4, 0.5) is 0 Å². The summed E-state index contributed by atoms with van der Waals surface area (Å²) in [5, 5.41) is 20.2. The molecule has 0 aliphatic carbocycles. The standard InChI is InChI=1S/C16H23ClO3/c1-3-4-5-6-7-8-9-12-15(19)13(10-18)11(2)14(17)16(12)20/h10,19-20H,3-9H2,1-2H3. The molecule has 0 aliphatic rings. The quantitative estimate of drug-likeness (QED) is 0.536. The first-order valence-electron chi connectivity index (χ1n) is 7.22. The average molecular weight is 299 g/mol. The van der Waals surface area contributed by atoms with Crippen molar-refractivity contribution in [3.63, 3.8) is 0 Å². The number of benzene rings is 1. The molecule has 1 aromatic rings. The maximum atomic E-state index is 11.0. The Bertz CT molecular complexity index is 470. The van der Waals surface area contributed by atoms with E-state index in [1.54, 1.807) is 6.92 Å². The van der Waals surface area contributed by atoms with Gasteiger partial charge in [0.2, 0.25) is 0 Å². The third-order valence-corrected chi connectivity index (χ3v) is 4.13. The number of aldehydes is 1. The van der Waals surface area contributed by atoms with Crippen LogP contribution in [0.25, 0.3) is 0 Å². The second-order valence-corrected chi connectivity index (χ2v) is 5.54. The van der Waals surface area contributed by atoms with Crippen molar-refractivity contribution in [2.45, 2.75) is 58.8 Å². The molecule has 0 unspecified atom stereocenters. The summed E-state index contributed by atoms with van der Waals surface area (Å²) in [5.41, 5.74) is 0.982. The summed E-state index contributed by atoms with van der Waals surface area (Å²) in [6, 6.07) is 0. The lowest BCUT2D eigenvalue weighted by molar-refractivity contribution is 0.112. The van der Waals surface area contributed by atoms with E-state index in [0.717, 1.165) is 19.3 Å². The first-order chi connectivity index (χ1) is 9.54. The van der Waals surface area contributed by atoms with Crippen LogP contribution in [0, 0.1) is 6.92 Å². The summed E-state index contributed by atoms with van der Waals surface area (Å²) in [6.07, 6.45) is 7.83. The molecule has 3 nitrogen and oxygen atoms in total. The molecule has 2 N–H and O–H groups in total. The number of phenolic OH excluding ortho intramolecular Hbond substituents is 2. The smallest absolute Gasteiger partial charge is 0.154 e. The SMILES string of the molecule is CCCCCCCCc1c(O)c(Cl)c(C)c(C=O)c1O. The first kappa shape index (κ1) is 16.8. The van der Waals surface area contributed by atoms with E-state index < -0.39 is 0 Å². The molecule has 0 saturated carbocycles. The number of aromatic hydroxyl groups is 2. The Balaban J connectivity index is 2.75. The molecule has 0 aliphatic heterocycles. The third-order valence-electron chi connectivity index (χ3n) is 3.67. The van der Waals surface area contributed by atoms with Crippen LogP contribution in [0.1, 0.15) is 66.9 Å². The van der Waals surface area contributed by atoms with Gasteiger partial charge in [0.1, 0.15) is 11.5 Å². The van der Waals surface area contributed by atoms with Gasteiger partial charge < -0.3 is 10.2 Å². The fraction of sp³-hybridized carbons (Fsp3) is 0.562. The van der Waals surface area contributed by atoms with Gasteiger partial charge >= 0.3 is 0 Å². The molecule has 0 heterocycles. The lowest BCUT2D eigenvalue weighted by atomic mass is 9.98. The highest BCUT2D eigenvalue weighted by Crippen LogP contribution is 2.40.